The van der Waals surface area contributed by atoms with Crippen molar-refractivity contribution in [2.45, 2.75) is 44.8 Å². The highest BCUT2D eigenvalue weighted by atomic mass is 19.1. The number of hydrogen-bond donors (Lipinski definition) is 1. The smallest absolute Gasteiger partial charge is 0.222 e. The standard InChI is InChI=1S/C25H26FN5O2/c26-18-5-7-19(8-6-18)28-25-21-16-31(23(32)10-9-20-4-2-14-33-20)13-11-22(21)29-24(30-25)17-3-1-12-27-15-17/h1,3,5-8,12,15,20H,2,4,9-11,13-14,16H2,(H,28,29,30)/t20-/m0/s1. The third kappa shape index (κ3) is 5.01. The fourth-order valence-electron chi connectivity index (χ4n) is 4.34. The van der Waals surface area contributed by atoms with Gasteiger partial charge in [0.15, 0.2) is 5.82 Å². The molecule has 0 bridgehead atoms. The van der Waals surface area contributed by atoms with E-state index in [4.69, 9.17) is 14.7 Å². The first-order chi connectivity index (χ1) is 16.2. The van der Waals surface area contributed by atoms with Gasteiger partial charge >= 0.3 is 0 Å². The minimum absolute atomic E-state index is 0.125. The molecular formula is C25H26FN5O2. The first-order valence-electron chi connectivity index (χ1n) is 11.4. The van der Waals surface area contributed by atoms with E-state index < -0.39 is 0 Å². The zero-order valence-corrected chi connectivity index (χ0v) is 18.3. The average Bonchev–Trinajstić information content (AvgIpc) is 3.38. The van der Waals surface area contributed by atoms with E-state index >= 15 is 0 Å². The maximum Gasteiger partial charge on any atom is 0.222 e. The quantitative estimate of drug-likeness (QED) is 0.608. The molecule has 33 heavy (non-hydrogen) atoms. The maximum absolute atomic E-state index is 13.4. The van der Waals surface area contributed by atoms with Crippen LogP contribution in [0, 0.1) is 5.82 Å². The normalized spacial score (nSPS) is 17.6. The van der Waals surface area contributed by atoms with E-state index in [0.29, 0.717) is 37.6 Å². The Morgan fingerprint density at radius 3 is 2.85 bits per heavy atom. The van der Waals surface area contributed by atoms with Gasteiger partial charge in [-0.15, -0.1) is 0 Å². The number of nitrogens with one attached hydrogen (secondary N) is 1. The van der Waals surface area contributed by atoms with Crippen LogP contribution in [0.15, 0.2) is 48.8 Å². The van der Waals surface area contributed by atoms with Crippen LogP contribution in [0.4, 0.5) is 15.9 Å². The molecular weight excluding hydrogens is 421 g/mol. The van der Waals surface area contributed by atoms with Gasteiger partial charge in [0.05, 0.1) is 18.3 Å². The van der Waals surface area contributed by atoms with Crippen LogP contribution >= 0.6 is 0 Å². The number of benzene rings is 1. The van der Waals surface area contributed by atoms with E-state index in [0.717, 1.165) is 48.4 Å². The van der Waals surface area contributed by atoms with Gasteiger partial charge in [0.25, 0.3) is 0 Å². The van der Waals surface area contributed by atoms with Gasteiger partial charge in [-0.05, 0) is 55.7 Å². The Hall–Kier alpha value is -3.39. The van der Waals surface area contributed by atoms with Crippen LogP contribution in [0.1, 0.15) is 36.9 Å². The Kier molecular flexibility index (Phi) is 6.26. The lowest BCUT2D eigenvalue weighted by atomic mass is 10.0. The summed E-state index contributed by atoms with van der Waals surface area (Å²) in [6.07, 6.45) is 7.64. The van der Waals surface area contributed by atoms with Gasteiger partial charge in [-0.2, -0.15) is 0 Å². The van der Waals surface area contributed by atoms with Gasteiger partial charge in [0.1, 0.15) is 11.6 Å². The summed E-state index contributed by atoms with van der Waals surface area (Å²) in [6.45, 7) is 1.86. The zero-order chi connectivity index (χ0) is 22.6. The first-order valence-corrected chi connectivity index (χ1v) is 11.4. The lowest BCUT2D eigenvalue weighted by Gasteiger charge is -2.30. The van der Waals surface area contributed by atoms with Crippen molar-refractivity contribution in [2.24, 2.45) is 0 Å². The van der Waals surface area contributed by atoms with E-state index in [2.05, 4.69) is 10.3 Å². The molecule has 0 spiro atoms. The molecule has 2 aliphatic heterocycles. The third-order valence-corrected chi connectivity index (χ3v) is 6.14. The number of nitrogens with zero attached hydrogens (tertiary/aromatic N) is 4. The molecule has 2 aromatic heterocycles. The fourth-order valence-corrected chi connectivity index (χ4v) is 4.34. The molecule has 7 nitrogen and oxygen atoms in total. The summed E-state index contributed by atoms with van der Waals surface area (Å²) in [6, 6.07) is 9.90. The summed E-state index contributed by atoms with van der Waals surface area (Å²) in [7, 11) is 0. The summed E-state index contributed by atoms with van der Waals surface area (Å²) < 4.78 is 19.1. The third-order valence-electron chi connectivity index (χ3n) is 6.14. The van der Waals surface area contributed by atoms with Gasteiger partial charge in [0.2, 0.25) is 5.91 Å². The minimum atomic E-state index is -0.302. The Balaban J connectivity index is 1.41. The van der Waals surface area contributed by atoms with Gasteiger partial charge in [-0.25, -0.2) is 14.4 Å². The number of ether oxygens (including phenoxy) is 1. The van der Waals surface area contributed by atoms with Crippen molar-refractivity contribution in [1.82, 2.24) is 19.9 Å². The number of anilines is 2. The van der Waals surface area contributed by atoms with Crippen LogP contribution in [0.2, 0.25) is 0 Å². The number of carbonyl (C=O) groups is 1. The molecule has 5 rings (SSSR count). The van der Waals surface area contributed by atoms with Crippen LogP contribution in [-0.4, -0.2) is 45.0 Å². The summed E-state index contributed by atoms with van der Waals surface area (Å²) in [5.74, 6) is 1.02. The summed E-state index contributed by atoms with van der Waals surface area (Å²) in [5.41, 5.74) is 3.34. The van der Waals surface area contributed by atoms with Crippen molar-refractivity contribution in [3.8, 4) is 11.4 Å². The number of hydrogen-bond acceptors (Lipinski definition) is 6. The molecule has 1 N–H and O–H groups in total. The molecule has 0 unspecified atom stereocenters. The van der Waals surface area contributed by atoms with Crippen LogP contribution in [0.3, 0.4) is 0 Å². The Bertz CT molecular complexity index is 1120. The van der Waals surface area contributed by atoms with Gasteiger partial charge in [-0.3, -0.25) is 9.78 Å². The highest BCUT2D eigenvalue weighted by molar-refractivity contribution is 5.77. The van der Waals surface area contributed by atoms with E-state index in [1.165, 1.54) is 12.1 Å². The Labute approximate surface area is 192 Å². The van der Waals surface area contributed by atoms with E-state index in [-0.39, 0.29) is 17.8 Å². The van der Waals surface area contributed by atoms with E-state index in [9.17, 15) is 9.18 Å². The second-order valence-corrected chi connectivity index (χ2v) is 8.43. The lowest BCUT2D eigenvalue weighted by molar-refractivity contribution is -0.132. The molecule has 0 aliphatic carbocycles. The summed E-state index contributed by atoms with van der Waals surface area (Å²) in [5, 5.41) is 3.31. The molecule has 1 amide bonds. The molecule has 2 aliphatic rings. The second-order valence-electron chi connectivity index (χ2n) is 8.43. The minimum Gasteiger partial charge on any atom is -0.378 e. The predicted molar refractivity (Wildman–Crippen MR) is 122 cm³/mol. The molecule has 8 heteroatoms. The molecule has 1 aromatic carbocycles. The lowest BCUT2D eigenvalue weighted by Crippen LogP contribution is -2.37. The molecule has 1 fully saturated rings. The fraction of sp³-hybridized carbons (Fsp3) is 0.360. The molecule has 170 valence electrons. The molecule has 1 saturated heterocycles. The van der Waals surface area contributed by atoms with Crippen LogP contribution in [0.25, 0.3) is 11.4 Å². The number of pyridine rings is 1. The number of fused-ring (bicyclic) bond motifs is 1. The first kappa shape index (κ1) is 21.5. The summed E-state index contributed by atoms with van der Waals surface area (Å²) in [4.78, 5) is 28.5. The number of amides is 1. The molecule has 0 radical (unpaired) electrons. The average molecular weight is 448 g/mol. The Morgan fingerprint density at radius 2 is 2.09 bits per heavy atom. The van der Waals surface area contributed by atoms with Crippen molar-refractivity contribution >= 4 is 17.4 Å². The number of aromatic nitrogens is 3. The van der Waals surface area contributed by atoms with Gasteiger partial charge in [-0.1, -0.05) is 0 Å². The number of halogens is 1. The molecule has 4 heterocycles. The van der Waals surface area contributed by atoms with Crippen LogP contribution < -0.4 is 5.32 Å². The van der Waals surface area contributed by atoms with Crippen molar-refractivity contribution < 1.29 is 13.9 Å². The van der Waals surface area contributed by atoms with Crippen molar-refractivity contribution in [3.05, 3.63) is 65.9 Å². The number of carbonyl (C=O) groups excluding carboxylic acids is 1. The van der Waals surface area contributed by atoms with Crippen LogP contribution in [-0.2, 0) is 22.5 Å². The van der Waals surface area contributed by atoms with Gasteiger partial charge in [0, 0.05) is 55.2 Å². The number of rotatable bonds is 6. The van der Waals surface area contributed by atoms with Crippen molar-refractivity contribution in [2.75, 3.05) is 18.5 Å². The largest absolute Gasteiger partial charge is 0.378 e. The van der Waals surface area contributed by atoms with Crippen molar-refractivity contribution in [1.29, 1.82) is 0 Å². The van der Waals surface area contributed by atoms with Crippen LogP contribution in [0.5, 0.6) is 0 Å². The topological polar surface area (TPSA) is 80.2 Å². The molecule has 3 aromatic rings. The highest BCUT2D eigenvalue weighted by Gasteiger charge is 2.27. The predicted octanol–water partition coefficient (Wildman–Crippen LogP) is 4.27. The zero-order valence-electron chi connectivity index (χ0n) is 18.3. The van der Waals surface area contributed by atoms with E-state index in [1.54, 1.807) is 24.5 Å². The second kappa shape index (κ2) is 9.62. The maximum atomic E-state index is 13.4. The Morgan fingerprint density at radius 1 is 1.21 bits per heavy atom. The molecule has 1 atom stereocenters. The summed E-state index contributed by atoms with van der Waals surface area (Å²) >= 11 is 0. The van der Waals surface area contributed by atoms with Gasteiger partial charge < -0.3 is 15.0 Å². The van der Waals surface area contributed by atoms with Crippen molar-refractivity contribution in [3.63, 3.8) is 0 Å². The van der Waals surface area contributed by atoms with E-state index in [1.807, 2.05) is 17.0 Å². The highest BCUT2D eigenvalue weighted by Crippen LogP contribution is 2.30. The SMILES string of the molecule is O=C(CC[C@@H]1CCCO1)N1CCc2nc(-c3cccnc3)nc(Nc3ccc(F)cc3)c2C1. The molecule has 0 saturated carbocycles. The monoisotopic (exact) mass is 447 g/mol.